The van der Waals surface area contributed by atoms with Crippen LogP contribution in [0, 0.1) is 5.82 Å². The van der Waals surface area contributed by atoms with Gasteiger partial charge in [-0.3, -0.25) is 14.4 Å². The average molecular weight is 354 g/mol. The van der Waals surface area contributed by atoms with E-state index in [-0.39, 0.29) is 23.4 Å². The molecule has 6 nitrogen and oxygen atoms in total. The zero-order valence-electron chi connectivity index (χ0n) is 13.1. The molecule has 1 aliphatic rings. The highest BCUT2D eigenvalue weighted by molar-refractivity contribution is 6.31. The van der Waals surface area contributed by atoms with Crippen LogP contribution in [0.5, 0.6) is 0 Å². The Morgan fingerprint density at radius 1 is 1.54 bits per heavy atom. The molecule has 24 heavy (non-hydrogen) atoms. The van der Waals surface area contributed by atoms with E-state index in [1.807, 2.05) is 0 Å². The van der Waals surface area contributed by atoms with Crippen LogP contribution in [0.25, 0.3) is 0 Å². The molecule has 1 N–H and O–H groups in total. The number of hydrogen-bond donors (Lipinski definition) is 1. The van der Waals surface area contributed by atoms with Crippen LogP contribution in [-0.2, 0) is 14.4 Å². The van der Waals surface area contributed by atoms with Gasteiger partial charge in [-0.15, -0.1) is 0 Å². The Kier molecular flexibility index (Phi) is 5.56. The number of rotatable bonds is 5. The Morgan fingerprint density at radius 2 is 2.25 bits per heavy atom. The Balaban J connectivity index is 1.98. The molecule has 1 aromatic carbocycles. The molecule has 2 rings (SSSR count). The van der Waals surface area contributed by atoms with Gasteiger partial charge in [0.25, 0.3) is 0 Å². The SMILES string of the molecule is C=CC(=O)N(C)CC(=O)NC1CCN(c2ccc(F)c(Cl)c2)C1=O. The number of nitrogens with one attached hydrogen (secondary N) is 1. The lowest BCUT2D eigenvalue weighted by Gasteiger charge is -2.19. The van der Waals surface area contributed by atoms with E-state index in [1.165, 1.54) is 35.0 Å². The molecule has 1 unspecified atom stereocenters. The third-order valence-electron chi connectivity index (χ3n) is 3.69. The van der Waals surface area contributed by atoms with Gasteiger partial charge in [0, 0.05) is 19.3 Å². The Morgan fingerprint density at radius 3 is 2.88 bits per heavy atom. The van der Waals surface area contributed by atoms with E-state index in [1.54, 1.807) is 0 Å². The molecular weight excluding hydrogens is 337 g/mol. The van der Waals surface area contributed by atoms with Gasteiger partial charge in [0.05, 0.1) is 11.6 Å². The normalized spacial score (nSPS) is 16.9. The van der Waals surface area contributed by atoms with Crippen LogP contribution in [-0.4, -0.2) is 48.8 Å². The zero-order chi connectivity index (χ0) is 17.9. The van der Waals surface area contributed by atoms with Gasteiger partial charge in [0.15, 0.2) is 0 Å². The topological polar surface area (TPSA) is 69.7 Å². The van der Waals surface area contributed by atoms with Crippen LogP contribution in [0.1, 0.15) is 6.42 Å². The lowest BCUT2D eigenvalue weighted by Crippen LogP contribution is -2.45. The van der Waals surface area contributed by atoms with Crippen molar-refractivity contribution in [1.29, 1.82) is 0 Å². The van der Waals surface area contributed by atoms with Gasteiger partial charge >= 0.3 is 0 Å². The summed E-state index contributed by atoms with van der Waals surface area (Å²) in [6.07, 6.45) is 1.52. The predicted molar refractivity (Wildman–Crippen MR) is 88.1 cm³/mol. The van der Waals surface area contributed by atoms with Gasteiger partial charge < -0.3 is 15.1 Å². The van der Waals surface area contributed by atoms with E-state index >= 15 is 0 Å². The largest absolute Gasteiger partial charge is 0.343 e. The summed E-state index contributed by atoms with van der Waals surface area (Å²) in [5.41, 5.74) is 0.474. The minimum absolute atomic E-state index is 0.0719. The summed E-state index contributed by atoms with van der Waals surface area (Å²) in [4.78, 5) is 38.3. The number of likely N-dealkylation sites (N-methyl/N-ethyl adjacent to an activating group) is 1. The molecule has 1 aliphatic heterocycles. The van der Waals surface area contributed by atoms with E-state index in [2.05, 4.69) is 11.9 Å². The third kappa shape index (κ3) is 3.91. The van der Waals surface area contributed by atoms with Crippen LogP contribution >= 0.6 is 11.6 Å². The van der Waals surface area contributed by atoms with Gasteiger partial charge in [-0.25, -0.2) is 4.39 Å². The number of carbonyl (C=O) groups is 3. The molecule has 1 heterocycles. The summed E-state index contributed by atoms with van der Waals surface area (Å²) in [7, 11) is 1.47. The summed E-state index contributed by atoms with van der Waals surface area (Å²) < 4.78 is 13.2. The lowest BCUT2D eigenvalue weighted by molar-refractivity contribution is -0.132. The molecule has 128 valence electrons. The molecule has 0 radical (unpaired) electrons. The first-order valence-corrected chi connectivity index (χ1v) is 7.64. The highest BCUT2D eigenvalue weighted by atomic mass is 35.5. The molecule has 1 saturated heterocycles. The molecule has 3 amide bonds. The maximum absolute atomic E-state index is 13.2. The maximum atomic E-state index is 13.2. The molecule has 0 aromatic heterocycles. The first-order chi connectivity index (χ1) is 11.3. The second kappa shape index (κ2) is 7.44. The lowest BCUT2D eigenvalue weighted by atomic mass is 10.2. The van der Waals surface area contributed by atoms with Crippen LogP contribution in [0.3, 0.4) is 0 Å². The number of benzene rings is 1. The maximum Gasteiger partial charge on any atom is 0.249 e. The molecule has 0 saturated carbocycles. The van der Waals surface area contributed by atoms with Crippen molar-refractivity contribution in [3.05, 3.63) is 41.7 Å². The van der Waals surface area contributed by atoms with E-state index < -0.39 is 17.8 Å². The van der Waals surface area contributed by atoms with Gasteiger partial charge in [-0.1, -0.05) is 18.2 Å². The number of halogens is 2. The van der Waals surface area contributed by atoms with E-state index in [4.69, 9.17) is 11.6 Å². The second-order valence-corrected chi connectivity index (χ2v) is 5.80. The molecule has 1 fully saturated rings. The number of carbonyl (C=O) groups excluding carboxylic acids is 3. The smallest absolute Gasteiger partial charge is 0.249 e. The quantitative estimate of drug-likeness (QED) is 0.812. The first-order valence-electron chi connectivity index (χ1n) is 7.26. The van der Waals surface area contributed by atoms with Crippen molar-refractivity contribution in [2.24, 2.45) is 0 Å². The monoisotopic (exact) mass is 353 g/mol. The summed E-state index contributed by atoms with van der Waals surface area (Å²) in [5.74, 6) is -1.69. The molecule has 0 aliphatic carbocycles. The summed E-state index contributed by atoms with van der Waals surface area (Å²) in [6.45, 7) is 3.55. The minimum Gasteiger partial charge on any atom is -0.343 e. The van der Waals surface area contributed by atoms with Crippen molar-refractivity contribution in [1.82, 2.24) is 10.2 Å². The standard InChI is InChI=1S/C16H17ClFN3O3/c1-3-15(23)20(2)9-14(22)19-13-6-7-21(16(13)24)10-4-5-12(18)11(17)8-10/h3-5,8,13H,1,6-7,9H2,2H3,(H,19,22). The van der Waals surface area contributed by atoms with Gasteiger partial charge in [-0.05, 0) is 30.7 Å². The van der Waals surface area contributed by atoms with Crippen LogP contribution < -0.4 is 10.2 Å². The molecule has 1 aromatic rings. The second-order valence-electron chi connectivity index (χ2n) is 5.40. The van der Waals surface area contributed by atoms with Crippen LogP contribution in [0.2, 0.25) is 5.02 Å². The fourth-order valence-electron chi connectivity index (χ4n) is 2.41. The predicted octanol–water partition coefficient (Wildman–Crippen LogP) is 1.34. The van der Waals surface area contributed by atoms with Crippen molar-refractivity contribution in [2.75, 3.05) is 25.0 Å². The third-order valence-corrected chi connectivity index (χ3v) is 3.98. The van der Waals surface area contributed by atoms with Crippen molar-refractivity contribution in [2.45, 2.75) is 12.5 Å². The molecule has 0 bridgehead atoms. The number of hydrogen-bond acceptors (Lipinski definition) is 3. The zero-order valence-corrected chi connectivity index (χ0v) is 13.8. The van der Waals surface area contributed by atoms with Crippen molar-refractivity contribution in [3.63, 3.8) is 0 Å². The van der Waals surface area contributed by atoms with Crippen LogP contribution in [0.15, 0.2) is 30.9 Å². The molecular formula is C16H17ClFN3O3. The fraction of sp³-hybridized carbons (Fsp3) is 0.312. The molecule has 1 atom stereocenters. The molecule has 0 spiro atoms. The van der Waals surface area contributed by atoms with Gasteiger partial charge in [0.1, 0.15) is 11.9 Å². The minimum atomic E-state index is -0.687. The molecule has 8 heteroatoms. The Labute approximate surface area is 143 Å². The number of amides is 3. The van der Waals surface area contributed by atoms with E-state index in [9.17, 15) is 18.8 Å². The highest BCUT2D eigenvalue weighted by Gasteiger charge is 2.34. The Bertz CT molecular complexity index is 695. The number of anilines is 1. The highest BCUT2D eigenvalue weighted by Crippen LogP contribution is 2.26. The van der Waals surface area contributed by atoms with Crippen LogP contribution in [0.4, 0.5) is 10.1 Å². The van der Waals surface area contributed by atoms with Crippen molar-refractivity contribution in [3.8, 4) is 0 Å². The summed E-state index contributed by atoms with van der Waals surface area (Å²) >= 11 is 5.73. The van der Waals surface area contributed by atoms with Crippen molar-refractivity contribution < 1.29 is 18.8 Å². The van der Waals surface area contributed by atoms with Gasteiger partial charge in [0.2, 0.25) is 17.7 Å². The Hall–Kier alpha value is -2.41. The van der Waals surface area contributed by atoms with Gasteiger partial charge in [-0.2, -0.15) is 0 Å². The first kappa shape index (κ1) is 17.9. The van der Waals surface area contributed by atoms with E-state index in [0.29, 0.717) is 18.7 Å². The summed E-state index contributed by atoms with van der Waals surface area (Å²) in [5, 5.41) is 2.53. The number of nitrogens with zero attached hydrogens (tertiary/aromatic N) is 2. The average Bonchev–Trinajstić information content (AvgIpc) is 2.90. The fourth-order valence-corrected chi connectivity index (χ4v) is 2.59. The summed E-state index contributed by atoms with van der Waals surface area (Å²) in [6, 6.07) is 3.33. The van der Waals surface area contributed by atoms with E-state index in [0.717, 1.165) is 6.08 Å². The van der Waals surface area contributed by atoms with Crippen molar-refractivity contribution >= 4 is 35.0 Å².